The summed E-state index contributed by atoms with van der Waals surface area (Å²) in [4.78, 5) is 2.66. The smallest absolute Gasteiger partial charge is 0.163 e. The molecule has 3 heteroatoms. The number of rotatable bonds is 4. The number of likely N-dealkylation sites (tertiary alicyclic amines) is 1. The van der Waals surface area contributed by atoms with Crippen molar-refractivity contribution in [3.8, 4) is 0 Å². The van der Waals surface area contributed by atoms with Gasteiger partial charge in [-0.15, -0.1) is 0 Å². The third kappa shape index (κ3) is 4.63. The lowest BCUT2D eigenvalue weighted by molar-refractivity contribution is -0.362. The van der Waals surface area contributed by atoms with E-state index >= 15 is 0 Å². The lowest BCUT2D eigenvalue weighted by Crippen LogP contribution is -2.63. The molecule has 3 nitrogen and oxygen atoms in total. The van der Waals surface area contributed by atoms with Gasteiger partial charge in [-0.05, 0) is 83.4 Å². The van der Waals surface area contributed by atoms with Crippen molar-refractivity contribution in [2.45, 2.75) is 83.7 Å². The molecule has 0 unspecified atom stereocenters. The molecule has 4 rings (SSSR count). The Morgan fingerprint density at radius 3 is 2.43 bits per heavy atom. The Bertz CT molecular complexity index is 637. The first kappa shape index (κ1) is 20.4. The fourth-order valence-electron chi connectivity index (χ4n) is 6.07. The summed E-state index contributed by atoms with van der Waals surface area (Å²) in [5.41, 5.74) is 1.39. The van der Waals surface area contributed by atoms with Gasteiger partial charge in [-0.2, -0.15) is 0 Å². The molecule has 2 aliphatic heterocycles. The molecule has 2 saturated heterocycles. The van der Waals surface area contributed by atoms with E-state index in [-0.39, 0.29) is 5.60 Å². The molecule has 0 amide bonds. The zero-order chi connectivity index (χ0) is 19.8. The lowest BCUT2D eigenvalue weighted by Gasteiger charge is -2.56. The maximum Gasteiger partial charge on any atom is 0.163 e. The second-order valence-electron chi connectivity index (χ2n) is 10.4. The molecule has 4 atom stereocenters. The number of nitrogens with zero attached hydrogens (tertiary/aromatic N) is 1. The molecule has 28 heavy (non-hydrogen) atoms. The third-order valence-electron chi connectivity index (χ3n) is 7.36. The summed E-state index contributed by atoms with van der Waals surface area (Å²) in [7, 11) is 0. The minimum absolute atomic E-state index is 0.0984. The normalized spacial score (nSPS) is 36.8. The van der Waals surface area contributed by atoms with Crippen molar-refractivity contribution < 1.29 is 9.47 Å². The van der Waals surface area contributed by atoms with Crippen molar-refractivity contribution in [3.63, 3.8) is 0 Å². The number of ether oxygens (including phenoxy) is 2. The van der Waals surface area contributed by atoms with Crippen molar-refractivity contribution in [1.29, 1.82) is 0 Å². The fourth-order valence-corrected chi connectivity index (χ4v) is 6.07. The first-order valence-corrected chi connectivity index (χ1v) is 11.5. The van der Waals surface area contributed by atoms with Crippen molar-refractivity contribution >= 4 is 0 Å². The van der Waals surface area contributed by atoms with Gasteiger partial charge in [0.1, 0.15) is 0 Å². The molecule has 0 aromatic heterocycles. The predicted molar refractivity (Wildman–Crippen MR) is 114 cm³/mol. The van der Waals surface area contributed by atoms with E-state index in [1.54, 1.807) is 0 Å². The van der Waals surface area contributed by atoms with Crippen molar-refractivity contribution in [3.05, 3.63) is 35.9 Å². The van der Waals surface area contributed by atoms with E-state index in [0.29, 0.717) is 12.0 Å². The molecule has 1 saturated carbocycles. The van der Waals surface area contributed by atoms with Gasteiger partial charge < -0.3 is 14.4 Å². The van der Waals surface area contributed by atoms with Gasteiger partial charge in [0, 0.05) is 12.5 Å². The highest BCUT2D eigenvalue weighted by atomic mass is 16.7. The van der Waals surface area contributed by atoms with Crippen LogP contribution in [0.4, 0.5) is 0 Å². The van der Waals surface area contributed by atoms with E-state index in [2.05, 4.69) is 62.9 Å². The van der Waals surface area contributed by atoms with E-state index in [4.69, 9.17) is 9.47 Å². The summed E-state index contributed by atoms with van der Waals surface area (Å²) in [6.45, 7) is 12.4. The Kier molecular flexibility index (Phi) is 5.88. The topological polar surface area (TPSA) is 21.7 Å². The number of benzene rings is 1. The lowest BCUT2D eigenvalue weighted by atomic mass is 9.71. The summed E-state index contributed by atoms with van der Waals surface area (Å²) >= 11 is 0. The molecule has 0 N–H and O–H groups in total. The van der Waals surface area contributed by atoms with Crippen molar-refractivity contribution in [1.82, 2.24) is 4.90 Å². The Morgan fingerprint density at radius 1 is 1.00 bits per heavy atom. The van der Waals surface area contributed by atoms with Gasteiger partial charge in [-0.3, -0.25) is 0 Å². The van der Waals surface area contributed by atoms with Crippen LogP contribution in [0.3, 0.4) is 0 Å². The van der Waals surface area contributed by atoms with Crippen LogP contribution in [-0.4, -0.2) is 42.0 Å². The summed E-state index contributed by atoms with van der Waals surface area (Å²) in [5.74, 6) is 1.65. The summed E-state index contributed by atoms with van der Waals surface area (Å²) < 4.78 is 13.0. The Morgan fingerprint density at radius 2 is 1.71 bits per heavy atom. The van der Waals surface area contributed by atoms with Crippen molar-refractivity contribution in [2.75, 3.05) is 19.6 Å². The van der Waals surface area contributed by atoms with Gasteiger partial charge in [0.15, 0.2) is 5.79 Å². The first-order chi connectivity index (χ1) is 13.3. The highest BCUT2D eigenvalue weighted by Gasteiger charge is 2.52. The van der Waals surface area contributed by atoms with Gasteiger partial charge in [0.2, 0.25) is 0 Å². The first-order valence-electron chi connectivity index (χ1n) is 11.5. The SMILES string of the molecule is C[C@@H]1CC[C@@H]2[C@@H](C1)OC(C)(C)O[C@@]2(C)CN1CCC(Cc2ccccc2)CC1. The quantitative estimate of drug-likeness (QED) is 0.703. The Labute approximate surface area is 171 Å². The molecule has 1 aliphatic carbocycles. The van der Waals surface area contributed by atoms with Crippen LogP contribution in [-0.2, 0) is 15.9 Å². The van der Waals surface area contributed by atoms with E-state index in [1.165, 1.54) is 57.2 Å². The average Bonchev–Trinajstić information content (AvgIpc) is 2.62. The molecule has 0 radical (unpaired) electrons. The summed E-state index contributed by atoms with van der Waals surface area (Å²) in [6.07, 6.45) is 7.92. The number of fused-ring (bicyclic) bond motifs is 1. The molecule has 3 aliphatic rings. The number of hydrogen-bond acceptors (Lipinski definition) is 3. The van der Waals surface area contributed by atoms with E-state index in [1.807, 2.05) is 0 Å². The molecule has 1 aromatic rings. The van der Waals surface area contributed by atoms with Gasteiger partial charge >= 0.3 is 0 Å². The summed E-state index contributed by atoms with van der Waals surface area (Å²) in [5, 5.41) is 0. The minimum atomic E-state index is -0.474. The maximum atomic E-state index is 6.63. The largest absolute Gasteiger partial charge is 0.347 e. The molecule has 3 fully saturated rings. The van der Waals surface area contributed by atoms with Gasteiger partial charge in [0.05, 0.1) is 11.7 Å². The van der Waals surface area contributed by atoms with Crippen LogP contribution in [0, 0.1) is 17.8 Å². The van der Waals surface area contributed by atoms with Crippen LogP contribution in [0.15, 0.2) is 30.3 Å². The molecule has 2 heterocycles. The highest BCUT2D eigenvalue weighted by molar-refractivity contribution is 5.15. The van der Waals surface area contributed by atoms with Crippen molar-refractivity contribution in [2.24, 2.45) is 17.8 Å². The Hall–Kier alpha value is -0.900. The van der Waals surface area contributed by atoms with Gasteiger partial charge in [-0.25, -0.2) is 0 Å². The predicted octanol–water partition coefficient (Wildman–Crippen LogP) is 5.29. The van der Waals surface area contributed by atoms with Crippen LogP contribution in [0.5, 0.6) is 0 Å². The standard InChI is InChI=1S/C25H39NO2/c1-19-10-11-22-23(16-19)27-24(2,3)28-25(22,4)18-26-14-12-21(13-15-26)17-20-8-6-5-7-9-20/h5-9,19,21-23H,10-18H2,1-4H3/t19-,22-,23-,25+/m1/s1. The number of piperidine rings is 1. The highest BCUT2D eigenvalue weighted by Crippen LogP contribution is 2.47. The Balaban J connectivity index is 1.36. The average molecular weight is 386 g/mol. The van der Waals surface area contributed by atoms with Gasteiger partial charge in [-0.1, -0.05) is 43.7 Å². The molecule has 0 bridgehead atoms. The minimum Gasteiger partial charge on any atom is -0.347 e. The molecule has 156 valence electrons. The monoisotopic (exact) mass is 385 g/mol. The molecular formula is C25H39NO2. The zero-order valence-electron chi connectivity index (χ0n) is 18.3. The third-order valence-corrected chi connectivity index (χ3v) is 7.36. The van der Waals surface area contributed by atoms with Crippen LogP contribution in [0.25, 0.3) is 0 Å². The maximum absolute atomic E-state index is 6.63. The molecular weight excluding hydrogens is 346 g/mol. The summed E-state index contributed by atoms with van der Waals surface area (Å²) in [6, 6.07) is 11.0. The van der Waals surface area contributed by atoms with E-state index in [0.717, 1.165) is 18.4 Å². The van der Waals surface area contributed by atoms with E-state index in [9.17, 15) is 0 Å². The van der Waals surface area contributed by atoms with E-state index < -0.39 is 5.79 Å². The van der Waals surface area contributed by atoms with Crippen LogP contribution >= 0.6 is 0 Å². The fraction of sp³-hybridized carbons (Fsp3) is 0.760. The zero-order valence-corrected chi connectivity index (χ0v) is 18.3. The molecule has 0 spiro atoms. The second-order valence-corrected chi connectivity index (χ2v) is 10.4. The molecule has 1 aromatic carbocycles. The number of hydrogen-bond donors (Lipinski definition) is 0. The second kappa shape index (κ2) is 8.08. The van der Waals surface area contributed by atoms with Crippen LogP contribution in [0.1, 0.15) is 65.4 Å². The van der Waals surface area contributed by atoms with Gasteiger partial charge in [0.25, 0.3) is 0 Å². The van der Waals surface area contributed by atoms with Crippen LogP contribution < -0.4 is 0 Å². The van der Waals surface area contributed by atoms with Crippen LogP contribution in [0.2, 0.25) is 0 Å².